The van der Waals surface area contributed by atoms with Crippen molar-refractivity contribution in [3.8, 4) is 11.4 Å². The number of aromatic nitrogens is 3. The Morgan fingerprint density at radius 1 is 0.882 bits per heavy atom. The maximum atomic E-state index is 4.30. The second-order valence-electron chi connectivity index (χ2n) is 3.70. The fourth-order valence-corrected chi connectivity index (χ4v) is 1.75. The van der Waals surface area contributed by atoms with Gasteiger partial charge in [-0.1, -0.05) is 30.3 Å². The molecule has 17 heavy (non-hydrogen) atoms. The minimum Gasteiger partial charge on any atom is -0.261 e. The largest absolute Gasteiger partial charge is 0.261 e. The molecule has 2 aromatic rings. The summed E-state index contributed by atoms with van der Waals surface area (Å²) in [5.74, 6) is 0.693. The molecule has 3 rings (SSSR count). The molecule has 1 aliphatic heterocycles. The van der Waals surface area contributed by atoms with E-state index in [1.807, 2.05) is 30.5 Å². The average Bonchev–Trinajstić information content (AvgIpc) is 2.94. The number of benzene rings is 1. The molecule has 0 aliphatic carbocycles. The van der Waals surface area contributed by atoms with Gasteiger partial charge in [-0.25, -0.2) is 15.0 Å². The first-order valence-corrected chi connectivity index (χ1v) is 5.38. The SMILES string of the molecule is C1=CN=C(c2ccc(-c3ncncn3)cc2)C1. The zero-order valence-corrected chi connectivity index (χ0v) is 9.11. The van der Waals surface area contributed by atoms with Crippen LogP contribution in [0.25, 0.3) is 11.4 Å². The van der Waals surface area contributed by atoms with E-state index in [1.54, 1.807) is 0 Å². The molecule has 0 saturated carbocycles. The van der Waals surface area contributed by atoms with Gasteiger partial charge in [0.15, 0.2) is 5.82 Å². The lowest BCUT2D eigenvalue weighted by atomic mass is 10.1. The third-order valence-corrected chi connectivity index (χ3v) is 2.62. The molecule has 0 radical (unpaired) electrons. The summed E-state index contributed by atoms with van der Waals surface area (Å²) in [5.41, 5.74) is 3.24. The van der Waals surface area contributed by atoms with Gasteiger partial charge in [0.1, 0.15) is 12.7 Å². The first kappa shape index (κ1) is 9.84. The van der Waals surface area contributed by atoms with Crippen LogP contribution < -0.4 is 0 Å². The van der Waals surface area contributed by atoms with Crippen LogP contribution in [0.5, 0.6) is 0 Å². The normalized spacial score (nSPS) is 13.8. The second-order valence-corrected chi connectivity index (χ2v) is 3.70. The molecule has 0 spiro atoms. The van der Waals surface area contributed by atoms with Gasteiger partial charge < -0.3 is 0 Å². The average molecular weight is 222 g/mol. The molecule has 4 nitrogen and oxygen atoms in total. The third kappa shape index (κ3) is 1.97. The Kier molecular flexibility index (Phi) is 2.46. The summed E-state index contributed by atoms with van der Waals surface area (Å²) in [6, 6.07) is 8.10. The van der Waals surface area contributed by atoms with Gasteiger partial charge in [-0.15, -0.1) is 0 Å². The Morgan fingerprint density at radius 2 is 1.59 bits per heavy atom. The standard InChI is InChI=1S/C13H10N4/c1-2-12(15-7-1)10-3-5-11(6-4-10)13-16-8-14-9-17-13/h1,3-9H,2H2. The molecular formula is C13H10N4. The predicted molar refractivity (Wildman–Crippen MR) is 65.6 cm³/mol. The van der Waals surface area contributed by atoms with Gasteiger partial charge in [0.25, 0.3) is 0 Å². The van der Waals surface area contributed by atoms with Gasteiger partial charge in [0.05, 0.1) is 5.71 Å². The van der Waals surface area contributed by atoms with Gasteiger partial charge in [0.2, 0.25) is 0 Å². The fourth-order valence-electron chi connectivity index (χ4n) is 1.75. The third-order valence-electron chi connectivity index (χ3n) is 2.62. The minimum atomic E-state index is 0.693. The quantitative estimate of drug-likeness (QED) is 0.783. The van der Waals surface area contributed by atoms with Crippen LogP contribution in [-0.4, -0.2) is 20.7 Å². The highest BCUT2D eigenvalue weighted by Crippen LogP contribution is 2.17. The molecule has 0 atom stereocenters. The van der Waals surface area contributed by atoms with E-state index in [9.17, 15) is 0 Å². The molecule has 0 fully saturated rings. The van der Waals surface area contributed by atoms with E-state index in [2.05, 4.69) is 26.0 Å². The maximum absolute atomic E-state index is 4.30. The van der Waals surface area contributed by atoms with Crippen LogP contribution in [0.2, 0.25) is 0 Å². The zero-order chi connectivity index (χ0) is 11.5. The van der Waals surface area contributed by atoms with Crippen LogP contribution in [0.4, 0.5) is 0 Å². The number of hydrogen-bond donors (Lipinski definition) is 0. The van der Waals surface area contributed by atoms with Crippen LogP contribution in [0.3, 0.4) is 0 Å². The summed E-state index contributed by atoms with van der Waals surface area (Å²) in [6.07, 6.45) is 7.80. The Hall–Kier alpha value is -2.36. The van der Waals surface area contributed by atoms with E-state index in [-0.39, 0.29) is 0 Å². The fraction of sp³-hybridized carbons (Fsp3) is 0.0769. The molecule has 1 aromatic carbocycles. The summed E-state index contributed by atoms with van der Waals surface area (Å²) in [4.78, 5) is 16.3. The van der Waals surface area contributed by atoms with Crippen molar-refractivity contribution in [1.82, 2.24) is 15.0 Å². The van der Waals surface area contributed by atoms with Crippen LogP contribution in [-0.2, 0) is 0 Å². The van der Waals surface area contributed by atoms with Crippen molar-refractivity contribution in [3.05, 3.63) is 54.8 Å². The van der Waals surface area contributed by atoms with E-state index in [4.69, 9.17) is 0 Å². The minimum absolute atomic E-state index is 0.693. The van der Waals surface area contributed by atoms with Crippen LogP contribution in [0.15, 0.2) is 54.2 Å². The molecule has 1 aromatic heterocycles. The molecule has 1 aliphatic rings. The number of allylic oxidation sites excluding steroid dienone is 1. The second kappa shape index (κ2) is 4.25. The van der Waals surface area contributed by atoms with Crippen molar-refractivity contribution < 1.29 is 0 Å². The van der Waals surface area contributed by atoms with E-state index >= 15 is 0 Å². The van der Waals surface area contributed by atoms with Gasteiger partial charge in [-0.2, -0.15) is 0 Å². The molecule has 0 unspecified atom stereocenters. The van der Waals surface area contributed by atoms with Gasteiger partial charge in [0, 0.05) is 18.2 Å². The van der Waals surface area contributed by atoms with Crippen LogP contribution in [0, 0.1) is 0 Å². The van der Waals surface area contributed by atoms with Crippen LogP contribution in [0.1, 0.15) is 12.0 Å². The van der Waals surface area contributed by atoms with Gasteiger partial charge >= 0.3 is 0 Å². The lowest BCUT2D eigenvalue weighted by Gasteiger charge is -2.02. The molecule has 0 saturated heterocycles. The first-order chi connectivity index (χ1) is 8.43. The zero-order valence-electron chi connectivity index (χ0n) is 9.11. The molecule has 0 N–H and O–H groups in total. The number of hydrogen-bond acceptors (Lipinski definition) is 4. The highest BCUT2D eigenvalue weighted by atomic mass is 15.0. The Balaban J connectivity index is 1.90. The summed E-state index contributed by atoms with van der Waals surface area (Å²) >= 11 is 0. The molecule has 2 heterocycles. The Labute approximate surface area is 98.8 Å². The summed E-state index contributed by atoms with van der Waals surface area (Å²) in [7, 11) is 0. The summed E-state index contributed by atoms with van der Waals surface area (Å²) in [5, 5.41) is 0. The summed E-state index contributed by atoms with van der Waals surface area (Å²) in [6.45, 7) is 0. The molecular weight excluding hydrogens is 212 g/mol. The maximum Gasteiger partial charge on any atom is 0.162 e. The highest BCUT2D eigenvalue weighted by Gasteiger charge is 2.06. The molecule has 4 heteroatoms. The van der Waals surface area contributed by atoms with Crippen molar-refractivity contribution in [2.45, 2.75) is 6.42 Å². The van der Waals surface area contributed by atoms with Crippen molar-refractivity contribution in [1.29, 1.82) is 0 Å². The predicted octanol–water partition coefficient (Wildman–Crippen LogP) is 2.25. The van der Waals surface area contributed by atoms with E-state index in [1.165, 1.54) is 12.7 Å². The van der Waals surface area contributed by atoms with Crippen molar-refractivity contribution >= 4 is 5.71 Å². The lowest BCUT2D eigenvalue weighted by Crippen LogP contribution is -1.96. The van der Waals surface area contributed by atoms with Crippen molar-refractivity contribution in [3.63, 3.8) is 0 Å². The lowest BCUT2D eigenvalue weighted by molar-refractivity contribution is 1.06. The summed E-state index contributed by atoms with van der Waals surface area (Å²) < 4.78 is 0. The Morgan fingerprint density at radius 3 is 2.24 bits per heavy atom. The monoisotopic (exact) mass is 222 g/mol. The smallest absolute Gasteiger partial charge is 0.162 e. The van der Waals surface area contributed by atoms with Gasteiger partial charge in [-0.05, 0) is 5.56 Å². The molecule has 0 bridgehead atoms. The van der Waals surface area contributed by atoms with Crippen molar-refractivity contribution in [2.24, 2.45) is 4.99 Å². The van der Waals surface area contributed by atoms with Crippen molar-refractivity contribution in [2.75, 3.05) is 0 Å². The highest BCUT2D eigenvalue weighted by molar-refractivity contribution is 6.03. The molecule has 82 valence electrons. The van der Waals surface area contributed by atoms with Crippen LogP contribution >= 0.6 is 0 Å². The van der Waals surface area contributed by atoms with E-state index < -0.39 is 0 Å². The number of aliphatic imine (C=N–C) groups is 1. The Bertz CT molecular complexity index is 570. The van der Waals surface area contributed by atoms with Gasteiger partial charge in [-0.3, -0.25) is 4.99 Å². The number of nitrogens with zero attached hydrogens (tertiary/aromatic N) is 4. The van der Waals surface area contributed by atoms with E-state index in [0.717, 1.165) is 23.3 Å². The topological polar surface area (TPSA) is 51.0 Å². The number of rotatable bonds is 2. The first-order valence-electron chi connectivity index (χ1n) is 5.38. The van der Waals surface area contributed by atoms with E-state index in [0.29, 0.717) is 5.82 Å². The molecule has 0 amide bonds.